The van der Waals surface area contributed by atoms with Crippen LogP contribution < -0.4 is 4.90 Å². The van der Waals surface area contributed by atoms with Gasteiger partial charge in [0.2, 0.25) is 0 Å². The molecule has 9 heteroatoms. The predicted octanol–water partition coefficient (Wildman–Crippen LogP) is 7.42. The van der Waals surface area contributed by atoms with Gasteiger partial charge >= 0.3 is 12.3 Å². The molecule has 0 radical (unpaired) electrons. The zero-order valence-corrected chi connectivity index (χ0v) is 24.6. The van der Waals surface area contributed by atoms with Crippen molar-refractivity contribution in [3.05, 3.63) is 70.8 Å². The zero-order chi connectivity index (χ0) is 29.7. The molecule has 0 atom stereocenters. The number of carbonyl (C=O) groups excluding carboxylic acids is 1. The molecule has 2 fully saturated rings. The van der Waals surface area contributed by atoms with Crippen molar-refractivity contribution in [2.75, 3.05) is 44.2 Å². The molecular weight excluding hydrogens is 541 g/mol. The van der Waals surface area contributed by atoms with Crippen molar-refractivity contribution >= 4 is 22.8 Å². The van der Waals surface area contributed by atoms with Crippen LogP contribution in [-0.2, 0) is 24.0 Å². The molecule has 5 rings (SSSR count). The van der Waals surface area contributed by atoms with Crippen molar-refractivity contribution in [1.82, 2.24) is 14.8 Å². The lowest BCUT2D eigenvalue weighted by atomic mass is 9.89. The van der Waals surface area contributed by atoms with Crippen LogP contribution in [0.1, 0.15) is 61.3 Å². The predicted molar refractivity (Wildman–Crippen MR) is 159 cm³/mol. The van der Waals surface area contributed by atoms with Crippen LogP contribution in [0.2, 0.25) is 0 Å². The van der Waals surface area contributed by atoms with Gasteiger partial charge in [-0.25, -0.2) is 9.78 Å². The molecule has 0 N–H and O–H groups in total. The van der Waals surface area contributed by atoms with Gasteiger partial charge in [0.1, 0.15) is 5.82 Å². The largest absolute Gasteiger partial charge is 0.450 e. The number of fused-ring (bicyclic) bond motifs is 1. The van der Waals surface area contributed by atoms with Gasteiger partial charge in [-0.1, -0.05) is 49.1 Å². The number of hydrogen-bond acceptors (Lipinski definition) is 5. The number of carbonyl (C=O) groups is 1. The van der Waals surface area contributed by atoms with Gasteiger partial charge in [-0.15, -0.1) is 0 Å². The monoisotopic (exact) mass is 582 g/mol. The Labute approximate surface area is 246 Å². The van der Waals surface area contributed by atoms with Gasteiger partial charge < -0.3 is 9.64 Å². The summed E-state index contributed by atoms with van der Waals surface area (Å²) in [5.74, 6) is 1.61. The number of halogens is 3. The maximum atomic E-state index is 13.6. The number of nitrogens with zero attached hydrogens (tertiary/aromatic N) is 4. The summed E-state index contributed by atoms with van der Waals surface area (Å²) in [5.41, 5.74) is 1.90. The van der Waals surface area contributed by atoms with Gasteiger partial charge in [-0.3, -0.25) is 9.80 Å². The van der Waals surface area contributed by atoms with E-state index in [0.717, 1.165) is 73.1 Å². The Kier molecular flexibility index (Phi) is 9.56. The molecule has 2 aliphatic rings. The molecule has 1 saturated heterocycles. The Balaban J connectivity index is 1.40. The summed E-state index contributed by atoms with van der Waals surface area (Å²) >= 11 is 0. The van der Waals surface area contributed by atoms with E-state index in [4.69, 9.17) is 9.72 Å². The second-order valence-electron chi connectivity index (χ2n) is 11.7. The lowest BCUT2D eigenvalue weighted by molar-refractivity contribution is -0.137. The zero-order valence-electron chi connectivity index (χ0n) is 24.6. The van der Waals surface area contributed by atoms with E-state index >= 15 is 0 Å². The summed E-state index contributed by atoms with van der Waals surface area (Å²) < 4.78 is 46.0. The quantitative estimate of drug-likeness (QED) is 0.277. The summed E-state index contributed by atoms with van der Waals surface area (Å²) in [7, 11) is 0. The number of rotatable bonds is 8. The maximum absolute atomic E-state index is 13.6. The number of ether oxygens (including phenoxy) is 1. The molecule has 1 saturated carbocycles. The lowest BCUT2D eigenvalue weighted by Gasteiger charge is -2.38. The number of hydrogen-bond donors (Lipinski definition) is 0. The highest BCUT2D eigenvalue weighted by Gasteiger charge is 2.31. The molecule has 226 valence electrons. The van der Waals surface area contributed by atoms with Gasteiger partial charge in [0.05, 0.1) is 24.2 Å². The van der Waals surface area contributed by atoms with Gasteiger partial charge in [-0.05, 0) is 62.4 Å². The van der Waals surface area contributed by atoms with E-state index in [0.29, 0.717) is 11.1 Å². The van der Waals surface area contributed by atoms with Gasteiger partial charge in [-0.2, -0.15) is 13.2 Å². The van der Waals surface area contributed by atoms with Crippen LogP contribution in [0.5, 0.6) is 0 Å². The minimum absolute atomic E-state index is 0.00890. The molecule has 1 aromatic heterocycles. The first-order valence-corrected chi connectivity index (χ1v) is 15.1. The first kappa shape index (κ1) is 30.1. The Bertz CT molecular complexity index is 1370. The lowest BCUT2D eigenvalue weighted by Crippen LogP contribution is -2.48. The molecule has 2 heterocycles. The molecule has 1 aliphatic heterocycles. The molecule has 1 aliphatic carbocycles. The first-order chi connectivity index (χ1) is 20.2. The van der Waals surface area contributed by atoms with Crippen molar-refractivity contribution in [3.8, 4) is 0 Å². The van der Waals surface area contributed by atoms with Crippen molar-refractivity contribution in [1.29, 1.82) is 0 Å². The molecular formula is C33H41F3N4O2. The Morgan fingerprint density at radius 1 is 1.00 bits per heavy atom. The second-order valence-corrected chi connectivity index (χ2v) is 11.7. The van der Waals surface area contributed by atoms with Crippen LogP contribution in [0.4, 0.5) is 23.8 Å². The topological polar surface area (TPSA) is 48.9 Å². The molecule has 3 aromatic rings. The Hall–Kier alpha value is -3.33. The third-order valence-electron chi connectivity index (χ3n) is 8.42. The van der Waals surface area contributed by atoms with Crippen LogP contribution in [0.15, 0.2) is 48.5 Å². The van der Waals surface area contributed by atoms with Crippen molar-refractivity contribution in [2.24, 2.45) is 5.92 Å². The highest BCUT2D eigenvalue weighted by molar-refractivity contribution is 5.82. The summed E-state index contributed by atoms with van der Waals surface area (Å²) in [6, 6.07) is 13.9. The number of aryl methyl sites for hydroxylation is 1. The van der Waals surface area contributed by atoms with Crippen LogP contribution in [0.3, 0.4) is 0 Å². The fourth-order valence-corrected chi connectivity index (χ4v) is 6.36. The highest BCUT2D eigenvalue weighted by Crippen LogP contribution is 2.32. The number of anilines is 1. The van der Waals surface area contributed by atoms with Gasteiger partial charge in [0.25, 0.3) is 0 Å². The van der Waals surface area contributed by atoms with E-state index in [1.807, 2.05) is 24.3 Å². The van der Waals surface area contributed by atoms with E-state index in [-0.39, 0.29) is 19.7 Å². The second kappa shape index (κ2) is 13.3. The standard InChI is InChI=1S/C33H41F3N4O2/c1-3-42-32(41)40(22-26-17-24(2)18-29(19-26)33(34,35)36)23-28-20-27-11-7-8-12-30(27)37-31(28)39-15-13-38(14-16-39)21-25-9-5-4-6-10-25/h7-8,11-12,17-20,25H,3-6,9-10,13-16,21-23H2,1-2H3. The van der Waals surface area contributed by atoms with E-state index < -0.39 is 17.8 Å². The fourth-order valence-electron chi connectivity index (χ4n) is 6.36. The minimum atomic E-state index is -4.47. The Morgan fingerprint density at radius 2 is 1.74 bits per heavy atom. The third-order valence-corrected chi connectivity index (χ3v) is 8.42. The summed E-state index contributed by atoms with van der Waals surface area (Å²) in [6.45, 7) is 8.41. The first-order valence-electron chi connectivity index (χ1n) is 15.1. The number of pyridine rings is 1. The average Bonchev–Trinajstić information content (AvgIpc) is 2.97. The maximum Gasteiger partial charge on any atom is 0.416 e. The van der Waals surface area contributed by atoms with Crippen molar-refractivity contribution in [3.63, 3.8) is 0 Å². The molecule has 6 nitrogen and oxygen atoms in total. The van der Waals surface area contributed by atoms with E-state index in [9.17, 15) is 18.0 Å². The van der Waals surface area contributed by atoms with Crippen LogP contribution >= 0.6 is 0 Å². The van der Waals surface area contributed by atoms with E-state index in [2.05, 4.69) is 15.9 Å². The average molecular weight is 583 g/mol. The number of alkyl halides is 3. The number of aromatic nitrogens is 1. The molecule has 2 aromatic carbocycles. The molecule has 42 heavy (non-hydrogen) atoms. The third kappa shape index (κ3) is 7.54. The summed E-state index contributed by atoms with van der Waals surface area (Å²) in [4.78, 5) is 24.5. The van der Waals surface area contributed by atoms with Crippen LogP contribution in [0, 0.1) is 12.8 Å². The van der Waals surface area contributed by atoms with Crippen molar-refractivity contribution in [2.45, 2.75) is 65.2 Å². The number of piperazine rings is 1. The molecule has 0 bridgehead atoms. The summed E-state index contributed by atoms with van der Waals surface area (Å²) in [6.07, 6.45) is 1.65. The van der Waals surface area contributed by atoms with Gasteiger partial charge in [0.15, 0.2) is 0 Å². The highest BCUT2D eigenvalue weighted by atomic mass is 19.4. The molecule has 0 unspecified atom stereocenters. The SMILES string of the molecule is CCOC(=O)N(Cc1cc(C)cc(C(F)(F)F)c1)Cc1cc2ccccc2nc1N1CCN(CC2CCCCC2)CC1. The normalized spacial score (nSPS) is 17.0. The van der Waals surface area contributed by atoms with Crippen LogP contribution in [-0.4, -0.2) is 60.2 Å². The summed E-state index contributed by atoms with van der Waals surface area (Å²) in [5, 5.41) is 0.950. The van der Waals surface area contributed by atoms with Gasteiger partial charge in [0, 0.05) is 50.2 Å². The number of amides is 1. The van der Waals surface area contributed by atoms with Crippen LogP contribution in [0.25, 0.3) is 10.9 Å². The molecule has 0 spiro atoms. The van der Waals surface area contributed by atoms with Crippen molar-refractivity contribution < 1.29 is 22.7 Å². The fraction of sp³-hybridized carbons (Fsp3) is 0.515. The molecule has 1 amide bonds. The number of benzene rings is 2. The number of para-hydroxylation sites is 1. The van der Waals surface area contributed by atoms with E-state index in [1.54, 1.807) is 19.9 Å². The minimum Gasteiger partial charge on any atom is -0.450 e. The smallest absolute Gasteiger partial charge is 0.416 e. The Morgan fingerprint density at radius 3 is 2.45 bits per heavy atom. The van der Waals surface area contributed by atoms with E-state index in [1.165, 1.54) is 37.0 Å².